The fourth-order valence-electron chi connectivity index (χ4n) is 10.8. The molecule has 0 saturated carbocycles. The summed E-state index contributed by atoms with van der Waals surface area (Å²) < 4.78 is 92.3. The van der Waals surface area contributed by atoms with Gasteiger partial charge in [0.25, 0.3) is 0 Å². The molecule has 0 spiro atoms. The largest absolute Gasteiger partial charge is 0.484 e. The van der Waals surface area contributed by atoms with Gasteiger partial charge in [-0.2, -0.15) is 0 Å². The number of likely N-dealkylation sites (tertiary alicyclic amines) is 2. The van der Waals surface area contributed by atoms with E-state index in [9.17, 15) is 26.4 Å². The van der Waals surface area contributed by atoms with Crippen molar-refractivity contribution in [1.29, 1.82) is 0 Å². The summed E-state index contributed by atoms with van der Waals surface area (Å²) in [6.45, 7) is 7.66. The van der Waals surface area contributed by atoms with Crippen LogP contribution in [0.15, 0.2) is 94.7 Å². The molecule has 2 fully saturated rings. The van der Waals surface area contributed by atoms with Gasteiger partial charge in [0, 0.05) is 49.3 Å². The highest BCUT2D eigenvalue weighted by atomic mass is 35.5. The lowest BCUT2D eigenvalue weighted by Gasteiger charge is -2.35. The van der Waals surface area contributed by atoms with Gasteiger partial charge in [-0.1, -0.05) is 48.2 Å². The van der Waals surface area contributed by atoms with Crippen LogP contribution in [0.25, 0.3) is 0 Å². The van der Waals surface area contributed by atoms with Crippen LogP contribution in [0.3, 0.4) is 0 Å². The van der Waals surface area contributed by atoms with Crippen molar-refractivity contribution in [2.75, 3.05) is 118 Å². The molecule has 82 heavy (non-hydrogen) atoms. The number of nitrogens with one attached hydrogen (secondary N) is 6. The number of carbonyl (C=O) groups is 2. The van der Waals surface area contributed by atoms with E-state index in [0.717, 1.165) is 50.1 Å². The van der Waals surface area contributed by atoms with E-state index in [2.05, 4.69) is 52.6 Å². The molecule has 0 radical (unpaired) electrons. The van der Waals surface area contributed by atoms with Crippen LogP contribution in [0.2, 0.25) is 10.0 Å². The van der Waals surface area contributed by atoms with E-state index < -0.39 is 20.0 Å². The summed E-state index contributed by atoms with van der Waals surface area (Å²) in [7, 11) is -7.53. The van der Waals surface area contributed by atoms with Crippen LogP contribution >= 0.6 is 23.2 Å². The van der Waals surface area contributed by atoms with E-state index in [4.69, 9.17) is 51.6 Å². The van der Waals surface area contributed by atoms with Crippen molar-refractivity contribution in [1.82, 2.24) is 40.5 Å². The quantitative estimate of drug-likeness (QED) is 0.0271. The van der Waals surface area contributed by atoms with Crippen LogP contribution in [0.1, 0.15) is 85.8 Å². The van der Waals surface area contributed by atoms with Crippen LogP contribution in [-0.4, -0.2) is 169 Å². The third-order valence-electron chi connectivity index (χ3n) is 15.0. The zero-order valence-corrected chi connectivity index (χ0v) is 49.7. The fourth-order valence-corrected chi connectivity index (χ4v) is 13.2. The topological polar surface area (TPSA) is 236 Å². The minimum Gasteiger partial charge on any atom is -0.484 e. The fraction of sp³-hybridized carbons (Fsp3) is 0.552. The molecule has 0 bridgehead atoms. The maximum absolute atomic E-state index is 13.0. The highest BCUT2D eigenvalue weighted by Crippen LogP contribution is 2.42. The molecule has 4 aromatic carbocycles. The van der Waals surface area contributed by atoms with Crippen LogP contribution in [0.4, 0.5) is 9.59 Å². The standard InChI is InChI=1S/C58H80Cl2N8O12S2/c59-45-11-9-43-39-53(67-27-5-1-6-28-67)55(51(43)41-45)79-47-13-17-49(18-14-47)81(71,72)65-25-33-77-37-35-75-31-23-63-57(69)61-21-3-4-22-62-58(70)64-24-32-76-36-38-78-34-26-66-82(73,74)50-19-15-48(16-20-50)80-56-52-42-46(60)12-10-44(52)40-54(56)68-29-7-2-8-30-68/h9-20,41-42,53-56,65-66H,1-8,21-40H2,(H2,61,63,69)(H2,62,64,70)/t53-,54-,55-,56-/m0/s1. The summed E-state index contributed by atoms with van der Waals surface area (Å²) in [5.74, 6) is 1.19. The molecule has 4 aromatic rings. The number of halogens is 2. The first-order valence-corrected chi connectivity index (χ1v) is 32.5. The molecule has 24 heteroatoms. The number of hydrogen-bond donors (Lipinski definition) is 6. The minimum atomic E-state index is -3.77. The van der Waals surface area contributed by atoms with Crippen LogP contribution < -0.4 is 40.2 Å². The first-order chi connectivity index (χ1) is 39.8. The van der Waals surface area contributed by atoms with Crippen molar-refractivity contribution in [3.8, 4) is 11.5 Å². The second kappa shape index (κ2) is 32.5. The van der Waals surface area contributed by atoms with E-state index >= 15 is 0 Å². The van der Waals surface area contributed by atoms with Gasteiger partial charge >= 0.3 is 12.1 Å². The van der Waals surface area contributed by atoms with Gasteiger partial charge in [-0.3, -0.25) is 9.80 Å². The molecule has 4 amide bonds. The first kappa shape index (κ1) is 63.2. The number of nitrogens with zero attached hydrogens (tertiary/aromatic N) is 2. The van der Waals surface area contributed by atoms with E-state index in [0.29, 0.717) is 60.6 Å². The van der Waals surface area contributed by atoms with E-state index in [-0.39, 0.29) is 112 Å². The molecule has 0 aromatic heterocycles. The molecule has 450 valence electrons. The number of hydrogen-bond acceptors (Lipinski definition) is 14. The summed E-state index contributed by atoms with van der Waals surface area (Å²) >= 11 is 12.8. The predicted molar refractivity (Wildman–Crippen MR) is 314 cm³/mol. The average molecular weight is 1220 g/mol. The van der Waals surface area contributed by atoms with Crippen molar-refractivity contribution in [2.45, 2.75) is 98.3 Å². The van der Waals surface area contributed by atoms with E-state index in [1.54, 1.807) is 48.5 Å². The third-order valence-corrected chi connectivity index (χ3v) is 18.4. The average Bonchev–Trinajstić information content (AvgIpc) is 4.25. The number of piperidine rings is 2. The van der Waals surface area contributed by atoms with Crippen LogP contribution in [0.5, 0.6) is 11.5 Å². The predicted octanol–water partition coefficient (Wildman–Crippen LogP) is 6.76. The number of sulfonamides is 2. The Morgan fingerprint density at radius 2 is 0.805 bits per heavy atom. The maximum atomic E-state index is 13.0. The summed E-state index contributed by atoms with van der Waals surface area (Å²) in [6.07, 6.45) is 9.85. The monoisotopic (exact) mass is 1210 g/mol. The van der Waals surface area contributed by atoms with Crippen molar-refractivity contribution in [3.05, 3.63) is 117 Å². The Bertz CT molecular complexity index is 2670. The van der Waals surface area contributed by atoms with Gasteiger partial charge < -0.3 is 49.7 Å². The van der Waals surface area contributed by atoms with Crippen molar-refractivity contribution >= 4 is 55.3 Å². The molecular weight excluding hydrogens is 1140 g/mol. The number of benzene rings is 4. The Kier molecular flexibility index (Phi) is 25.0. The molecule has 4 atom stereocenters. The highest BCUT2D eigenvalue weighted by Gasteiger charge is 2.40. The summed E-state index contributed by atoms with van der Waals surface area (Å²) in [4.78, 5) is 29.6. The molecule has 2 aliphatic heterocycles. The van der Waals surface area contributed by atoms with E-state index in [1.165, 1.54) is 49.7 Å². The Balaban J connectivity index is 0.570. The van der Waals surface area contributed by atoms with Gasteiger partial charge in [0.1, 0.15) is 23.7 Å². The summed E-state index contributed by atoms with van der Waals surface area (Å²) in [6, 6.07) is 24.7. The number of amides is 4. The minimum absolute atomic E-state index is 0.0843. The molecule has 2 saturated heterocycles. The van der Waals surface area contributed by atoms with Crippen molar-refractivity contribution < 1.29 is 54.8 Å². The zero-order chi connectivity index (χ0) is 57.6. The molecule has 2 aliphatic carbocycles. The highest BCUT2D eigenvalue weighted by molar-refractivity contribution is 7.89. The molecule has 8 rings (SSSR count). The van der Waals surface area contributed by atoms with Gasteiger partial charge in [0.15, 0.2) is 0 Å². The lowest BCUT2D eigenvalue weighted by molar-refractivity contribution is 0.0516. The number of carbonyl (C=O) groups excluding carboxylic acids is 2. The number of fused-ring (bicyclic) bond motifs is 2. The summed E-state index contributed by atoms with van der Waals surface area (Å²) in [5.41, 5.74) is 4.63. The number of ether oxygens (including phenoxy) is 6. The molecular formula is C58H80Cl2N8O12S2. The molecule has 4 aliphatic rings. The second-order valence-electron chi connectivity index (χ2n) is 20.8. The first-order valence-electron chi connectivity index (χ1n) is 28.7. The van der Waals surface area contributed by atoms with Gasteiger partial charge in [0.2, 0.25) is 20.0 Å². The second-order valence-corrected chi connectivity index (χ2v) is 25.2. The van der Waals surface area contributed by atoms with Gasteiger partial charge in [-0.25, -0.2) is 35.9 Å². The normalized spacial score (nSPS) is 19.3. The Hall–Kier alpha value is -4.82. The molecule has 6 N–H and O–H groups in total. The third kappa shape index (κ3) is 19.4. The van der Waals surface area contributed by atoms with Crippen molar-refractivity contribution in [2.24, 2.45) is 0 Å². The maximum Gasteiger partial charge on any atom is 0.314 e. The smallest absolute Gasteiger partial charge is 0.314 e. The van der Waals surface area contributed by atoms with Gasteiger partial charge in [0.05, 0.1) is 74.7 Å². The SMILES string of the molecule is O=C(NCCCCNC(=O)NCCOCCOCCNS(=O)(=O)c1ccc(O[C@H]2c3cc(Cl)ccc3C[C@@H]2N2CCCCC2)cc1)NCCOCCOCCNS(=O)(=O)c1ccc(O[C@H]2c3cc(Cl)ccc3C[C@@H]2N2CCCCC2)cc1. The Morgan fingerprint density at radius 3 is 1.18 bits per heavy atom. The molecule has 0 unspecified atom stereocenters. The lowest BCUT2D eigenvalue weighted by atomic mass is 10.0. The Morgan fingerprint density at radius 1 is 0.451 bits per heavy atom. The van der Waals surface area contributed by atoms with Crippen molar-refractivity contribution in [3.63, 3.8) is 0 Å². The lowest BCUT2D eigenvalue weighted by Crippen LogP contribution is -2.43. The van der Waals surface area contributed by atoms with Crippen LogP contribution in [-0.2, 0) is 51.8 Å². The number of urea groups is 2. The Labute approximate surface area is 493 Å². The zero-order valence-electron chi connectivity index (χ0n) is 46.6. The van der Waals surface area contributed by atoms with Crippen LogP contribution in [0, 0.1) is 0 Å². The molecule has 20 nitrogen and oxygen atoms in total. The van der Waals surface area contributed by atoms with Gasteiger partial charge in [-0.05, 0) is 173 Å². The number of unbranched alkanes of at least 4 members (excludes halogenated alkanes) is 1. The molecule has 2 heterocycles. The van der Waals surface area contributed by atoms with Gasteiger partial charge in [-0.15, -0.1) is 0 Å². The van der Waals surface area contributed by atoms with E-state index in [1.807, 2.05) is 24.3 Å². The number of rotatable bonds is 33. The summed E-state index contributed by atoms with van der Waals surface area (Å²) in [5, 5.41) is 12.3.